The normalized spacial score (nSPS) is 51.4. The molecule has 3 rings (SSSR count). The van der Waals surface area contributed by atoms with Gasteiger partial charge < -0.3 is 62.5 Å². The highest BCUT2D eigenvalue weighted by atomic mass is 16.7. The maximum Gasteiger partial charge on any atom is 0.185 e. The highest BCUT2D eigenvalue weighted by molar-refractivity contribution is 5.02. The van der Waals surface area contributed by atoms with Gasteiger partial charge in [0.1, 0.15) is 30.0 Å². The fourth-order valence-electron chi connectivity index (χ4n) is 4.87. The van der Waals surface area contributed by atoms with Crippen LogP contribution >= 0.6 is 0 Å². The molecule has 1 saturated carbocycles. The lowest BCUT2D eigenvalue weighted by Crippen LogP contribution is -2.68. The van der Waals surface area contributed by atoms with Gasteiger partial charge in [0.25, 0.3) is 0 Å². The molecule has 0 spiro atoms. The molecule has 3 aliphatic rings. The smallest absolute Gasteiger partial charge is 0.185 e. The minimum absolute atomic E-state index is 0.0683. The number of aliphatic hydroxyl groups is 3. The number of rotatable bonds is 6. The Kier molecular flexibility index (Phi) is 8.51. The van der Waals surface area contributed by atoms with Gasteiger partial charge in [-0.2, -0.15) is 0 Å². The predicted molar refractivity (Wildman–Crippen MR) is 115 cm³/mol. The second-order valence-electron chi connectivity index (χ2n) is 9.69. The van der Waals surface area contributed by atoms with Gasteiger partial charge in [-0.05, 0) is 40.2 Å². The SMILES string of the molecule is CN[C@@H]1[C@@H](O)[C@@H](O[C@H]2[C@@H](O)[C@H](O[C@H]3O[C@H]([C@H](C)N)CC[C@H]3N)[C@@H](N)C[C@H]2N)OC[C@]1(C)O. The minimum atomic E-state index is -1.29. The van der Waals surface area contributed by atoms with Crippen molar-refractivity contribution in [3.05, 3.63) is 0 Å². The molecule has 12 heteroatoms. The molecule has 2 saturated heterocycles. The Bertz CT molecular complexity index is 615. The molecule has 12 nitrogen and oxygen atoms in total. The average molecular weight is 464 g/mol. The van der Waals surface area contributed by atoms with Gasteiger partial charge in [0.15, 0.2) is 12.6 Å². The van der Waals surface area contributed by atoms with Crippen LogP contribution in [0, 0.1) is 0 Å². The van der Waals surface area contributed by atoms with Gasteiger partial charge in [-0.15, -0.1) is 0 Å². The van der Waals surface area contributed by atoms with Crippen molar-refractivity contribution < 1.29 is 34.3 Å². The van der Waals surface area contributed by atoms with E-state index in [0.29, 0.717) is 12.8 Å². The zero-order chi connectivity index (χ0) is 23.8. The lowest BCUT2D eigenvalue weighted by molar-refractivity contribution is -0.307. The third-order valence-electron chi connectivity index (χ3n) is 6.81. The van der Waals surface area contributed by atoms with Crippen LogP contribution in [0.5, 0.6) is 0 Å². The molecule has 0 unspecified atom stereocenters. The number of nitrogens with two attached hydrogens (primary N) is 4. The van der Waals surface area contributed by atoms with Gasteiger partial charge >= 0.3 is 0 Å². The molecule has 32 heavy (non-hydrogen) atoms. The van der Waals surface area contributed by atoms with Crippen LogP contribution in [0.1, 0.15) is 33.1 Å². The summed E-state index contributed by atoms with van der Waals surface area (Å²) in [6.45, 7) is 3.34. The molecule has 188 valence electrons. The number of nitrogens with one attached hydrogen (secondary N) is 1. The summed E-state index contributed by atoms with van der Waals surface area (Å²) in [4.78, 5) is 0. The summed E-state index contributed by atoms with van der Waals surface area (Å²) in [7, 11) is 1.62. The molecule has 0 aromatic carbocycles. The molecule has 2 heterocycles. The summed E-state index contributed by atoms with van der Waals surface area (Å²) < 4.78 is 23.4. The monoisotopic (exact) mass is 463 g/mol. The first-order valence-corrected chi connectivity index (χ1v) is 11.3. The lowest BCUT2D eigenvalue weighted by atomic mass is 9.84. The third kappa shape index (κ3) is 5.43. The Labute approximate surface area is 188 Å². The first kappa shape index (κ1) is 26.1. The van der Waals surface area contributed by atoms with E-state index in [-0.39, 0.29) is 24.8 Å². The van der Waals surface area contributed by atoms with E-state index >= 15 is 0 Å². The van der Waals surface area contributed by atoms with Gasteiger partial charge in [-0.3, -0.25) is 0 Å². The first-order valence-electron chi connectivity index (χ1n) is 11.3. The van der Waals surface area contributed by atoms with Crippen molar-refractivity contribution in [3.8, 4) is 0 Å². The van der Waals surface area contributed by atoms with Gasteiger partial charge in [-0.25, -0.2) is 0 Å². The third-order valence-corrected chi connectivity index (χ3v) is 6.81. The van der Waals surface area contributed by atoms with Crippen molar-refractivity contribution in [2.45, 2.75) is 112 Å². The maximum absolute atomic E-state index is 11.1. The minimum Gasteiger partial charge on any atom is -0.388 e. The van der Waals surface area contributed by atoms with Crippen LogP contribution in [0.15, 0.2) is 0 Å². The van der Waals surface area contributed by atoms with Crippen molar-refractivity contribution in [1.82, 2.24) is 5.32 Å². The number of likely N-dealkylation sites (N-methyl/N-ethyl adjacent to an activating group) is 1. The highest BCUT2D eigenvalue weighted by Gasteiger charge is 2.50. The molecule has 1 aliphatic carbocycles. The molecule has 0 amide bonds. The van der Waals surface area contributed by atoms with E-state index < -0.39 is 60.7 Å². The molecule has 3 fully saturated rings. The standard InChI is InChI=1S/C20H41N5O7/c1-8(21)12-5-4-9(22)18(30-12)31-15-10(23)6-11(24)16(13(15)26)32-19-14(27)17(25-3)20(2,28)7-29-19/h8-19,25-28H,4-7,21-24H2,1-3H3/t8-,9+,10-,11+,12-,13-,14+,15+,16+,17+,18+,19+,20-/m0/s1. The number of hydrogen-bond acceptors (Lipinski definition) is 12. The summed E-state index contributed by atoms with van der Waals surface area (Å²) >= 11 is 0. The number of aliphatic hydroxyl groups excluding tert-OH is 2. The Morgan fingerprint density at radius 3 is 2.16 bits per heavy atom. The summed E-state index contributed by atoms with van der Waals surface area (Å²) in [6.07, 6.45) is -4.58. The Morgan fingerprint density at radius 1 is 1.00 bits per heavy atom. The molecule has 0 aromatic heterocycles. The van der Waals surface area contributed by atoms with E-state index in [1.54, 1.807) is 14.0 Å². The lowest BCUT2D eigenvalue weighted by Gasteiger charge is -2.48. The predicted octanol–water partition coefficient (Wildman–Crippen LogP) is -3.59. The second kappa shape index (κ2) is 10.4. The Hall–Kier alpha value is -0.480. The quantitative estimate of drug-likeness (QED) is 0.192. The zero-order valence-electron chi connectivity index (χ0n) is 19.0. The van der Waals surface area contributed by atoms with Crippen LogP contribution in [-0.4, -0.2) is 108 Å². The van der Waals surface area contributed by atoms with E-state index in [1.165, 1.54) is 0 Å². The fourth-order valence-corrected chi connectivity index (χ4v) is 4.87. The van der Waals surface area contributed by atoms with E-state index in [4.69, 9.17) is 41.9 Å². The molecule has 0 radical (unpaired) electrons. The molecule has 13 atom stereocenters. The van der Waals surface area contributed by atoms with E-state index in [9.17, 15) is 15.3 Å². The van der Waals surface area contributed by atoms with Gasteiger partial charge in [0.05, 0.1) is 24.8 Å². The summed E-state index contributed by atoms with van der Waals surface area (Å²) in [6, 6.07) is -2.47. The maximum atomic E-state index is 11.1. The van der Waals surface area contributed by atoms with Crippen LogP contribution in [0.3, 0.4) is 0 Å². The summed E-state index contributed by atoms with van der Waals surface area (Å²) in [5, 5.41) is 35.0. The Balaban J connectivity index is 1.69. The van der Waals surface area contributed by atoms with Gasteiger partial charge in [0, 0.05) is 18.1 Å². The van der Waals surface area contributed by atoms with Crippen molar-refractivity contribution >= 4 is 0 Å². The van der Waals surface area contributed by atoms with Crippen molar-refractivity contribution in [3.63, 3.8) is 0 Å². The highest BCUT2D eigenvalue weighted by Crippen LogP contribution is 2.31. The van der Waals surface area contributed by atoms with Crippen molar-refractivity contribution in [2.24, 2.45) is 22.9 Å². The first-order chi connectivity index (χ1) is 15.0. The average Bonchev–Trinajstić information content (AvgIpc) is 2.71. The molecular weight excluding hydrogens is 422 g/mol. The van der Waals surface area contributed by atoms with Crippen LogP contribution in [-0.2, 0) is 18.9 Å². The molecule has 0 aromatic rings. The zero-order valence-corrected chi connectivity index (χ0v) is 19.0. The van der Waals surface area contributed by atoms with Gasteiger partial charge in [0.2, 0.25) is 0 Å². The number of ether oxygens (including phenoxy) is 4. The molecule has 0 bridgehead atoms. The van der Waals surface area contributed by atoms with E-state index in [1.807, 2.05) is 6.92 Å². The van der Waals surface area contributed by atoms with Crippen LogP contribution in [0.2, 0.25) is 0 Å². The van der Waals surface area contributed by atoms with Crippen LogP contribution in [0.4, 0.5) is 0 Å². The molecule has 2 aliphatic heterocycles. The Morgan fingerprint density at radius 2 is 1.59 bits per heavy atom. The summed E-state index contributed by atoms with van der Waals surface area (Å²) in [5.74, 6) is 0. The van der Waals surface area contributed by atoms with E-state index in [2.05, 4.69) is 5.32 Å². The van der Waals surface area contributed by atoms with Crippen molar-refractivity contribution in [1.29, 1.82) is 0 Å². The van der Waals surface area contributed by atoms with Crippen molar-refractivity contribution in [2.75, 3.05) is 13.7 Å². The van der Waals surface area contributed by atoms with Crippen LogP contribution in [0.25, 0.3) is 0 Å². The fraction of sp³-hybridized carbons (Fsp3) is 1.00. The summed E-state index contributed by atoms with van der Waals surface area (Å²) in [5.41, 5.74) is 23.3. The van der Waals surface area contributed by atoms with Gasteiger partial charge in [-0.1, -0.05) is 0 Å². The van der Waals surface area contributed by atoms with Crippen LogP contribution < -0.4 is 28.3 Å². The molecule has 12 N–H and O–H groups in total. The molecular formula is C20H41N5O7. The largest absolute Gasteiger partial charge is 0.388 e. The van der Waals surface area contributed by atoms with E-state index in [0.717, 1.165) is 6.42 Å². The number of hydrogen-bond donors (Lipinski definition) is 8. The second-order valence-corrected chi connectivity index (χ2v) is 9.69. The topological polar surface area (TPSA) is 214 Å².